The number of nitrogens with one attached hydrogen (secondary N) is 1. The Morgan fingerprint density at radius 1 is 1.18 bits per heavy atom. The monoisotopic (exact) mass is 543 g/mol. The predicted molar refractivity (Wildman–Crippen MR) is 136 cm³/mol. The number of rotatable bonds is 8. The van der Waals surface area contributed by atoms with E-state index in [1.165, 1.54) is 7.11 Å². The van der Waals surface area contributed by atoms with Crippen LogP contribution in [0.2, 0.25) is 0 Å². The molecule has 39 heavy (non-hydrogen) atoms. The van der Waals surface area contributed by atoms with Crippen LogP contribution in [0.5, 0.6) is 5.75 Å². The molecule has 2 fully saturated rings. The van der Waals surface area contributed by atoms with Crippen LogP contribution in [0, 0.1) is 23.7 Å². The van der Waals surface area contributed by atoms with Gasteiger partial charge in [-0.15, -0.1) is 0 Å². The van der Waals surface area contributed by atoms with E-state index in [1.54, 1.807) is 25.1 Å². The smallest absolute Gasteiger partial charge is 0.305 e. The van der Waals surface area contributed by atoms with E-state index >= 15 is 0 Å². The van der Waals surface area contributed by atoms with Crippen LogP contribution in [0.3, 0.4) is 0 Å². The molecule has 0 heterocycles. The number of primary amides is 1. The lowest BCUT2D eigenvalue weighted by atomic mass is 9.53. The number of carbonyl (C=O) groups excluding carboxylic acids is 6. The molecule has 12 heteroatoms. The number of hydrogen-bond donors (Lipinski definition) is 4. The number of esters is 1. The van der Waals surface area contributed by atoms with E-state index in [2.05, 4.69) is 10.1 Å². The van der Waals surface area contributed by atoms with Crippen LogP contribution in [-0.2, 0) is 41.7 Å². The Morgan fingerprint density at radius 2 is 1.87 bits per heavy atom. The van der Waals surface area contributed by atoms with Gasteiger partial charge in [0.25, 0.3) is 0 Å². The normalized spacial score (nSPS) is 27.9. The highest BCUT2D eigenvalue weighted by molar-refractivity contribution is 6.31. The number of hydrogen-bond acceptors (Lipinski definition) is 11. The average Bonchev–Trinajstić information content (AvgIpc) is 2.86. The highest BCUT2D eigenvalue weighted by Gasteiger charge is 2.66. The van der Waals surface area contributed by atoms with Crippen molar-refractivity contribution in [2.24, 2.45) is 29.4 Å². The molecule has 0 aliphatic heterocycles. The first kappa shape index (κ1) is 28.4. The molecule has 1 amide bonds. The number of fused-ring (bicyclic) bond motifs is 3. The molecule has 12 nitrogen and oxygen atoms in total. The summed E-state index contributed by atoms with van der Waals surface area (Å²) in [5.41, 5.74) is 4.10. The van der Waals surface area contributed by atoms with E-state index in [0.717, 1.165) is 0 Å². The van der Waals surface area contributed by atoms with Crippen molar-refractivity contribution in [1.82, 2.24) is 5.32 Å². The van der Waals surface area contributed by atoms with Crippen LogP contribution in [0.4, 0.5) is 5.69 Å². The molecule has 1 aromatic carbocycles. The first-order chi connectivity index (χ1) is 18.3. The number of nitrogens with two attached hydrogens (primary N) is 1. The Kier molecular flexibility index (Phi) is 7.63. The number of benzene rings is 1. The van der Waals surface area contributed by atoms with Crippen molar-refractivity contribution in [1.29, 1.82) is 0 Å². The lowest BCUT2D eigenvalue weighted by molar-refractivity contribution is -0.175. The quantitative estimate of drug-likeness (QED) is 0.186. The van der Waals surface area contributed by atoms with Crippen molar-refractivity contribution in [2.45, 2.75) is 44.2 Å². The van der Waals surface area contributed by atoms with E-state index in [0.29, 0.717) is 29.8 Å². The molecule has 0 radical (unpaired) electrons. The van der Waals surface area contributed by atoms with Gasteiger partial charge in [0.2, 0.25) is 5.91 Å². The maximum Gasteiger partial charge on any atom is 0.305 e. The molecular formula is C27H33N3O9. The third kappa shape index (κ3) is 4.61. The average molecular weight is 544 g/mol. The molecule has 3 aliphatic rings. The van der Waals surface area contributed by atoms with Crippen LogP contribution < -0.4 is 16.0 Å². The number of ketones is 4. The molecule has 5 N–H and O–H groups in total. The van der Waals surface area contributed by atoms with Gasteiger partial charge in [0.05, 0.1) is 18.6 Å². The van der Waals surface area contributed by atoms with E-state index < -0.39 is 58.3 Å². The van der Waals surface area contributed by atoms with E-state index in [9.17, 15) is 39.0 Å². The molecule has 210 valence electrons. The number of amides is 1. The number of phenolic OH excluding ortho intramolecular Hbond substituents is 1. The lowest BCUT2D eigenvalue weighted by Crippen LogP contribution is -2.68. The number of aliphatic hydroxyl groups is 1. The summed E-state index contributed by atoms with van der Waals surface area (Å²) >= 11 is 0. The van der Waals surface area contributed by atoms with E-state index in [1.807, 2.05) is 0 Å². The van der Waals surface area contributed by atoms with Crippen LogP contribution in [0.15, 0.2) is 6.07 Å². The number of anilines is 1. The highest BCUT2D eigenvalue weighted by atomic mass is 16.5. The largest absolute Gasteiger partial charge is 0.507 e. The molecular weight excluding hydrogens is 510 g/mol. The zero-order valence-electron chi connectivity index (χ0n) is 22.1. The standard InChI is InChI=1S/C27H33N3O9/c1-30(2)16-9-13(11-29-6-4-5-18(32)39-3)22(33)20-15(16)8-12-7-14-10-17(31)21(26(28)37)25(36)27(14,38)24(35)19(12)23(20)34/h9,12,14,19,21,29,33,38H,4-8,10-11H2,1-3H3,(H2,28,37)/t12-,14+,19?,21?,27+/m1/s1. The number of aromatic hydroxyl groups is 1. The van der Waals surface area contributed by atoms with Gasteiger partial charge in [0, 0.05) is 50.7 Å². The number of ether oxygens (including phenoxy) is 1. The minimum atomic E-state index is -2.68. The number of methoxy groups -OCH3 is 1. The molecule has 3 aliphatic carbocycles. The minimum absolute atomic E-state index is 0.0399. The summed E-state index contributed by atoms with van der Waals surface area (Å²) in [6.45, 7) is 0.611. The van der Waals surface area contributed by atoms with Crippen molar-refractivity contribution < 1.29 is 43.7 Å². The second kappa shape index (κ2) is 10.5. The van der Waals surface area contributed by atoms with Crippen molar-refractivity contribution in [3.05, 3.63) is 22.8 Å². The van der Waals surface area contributed by atoms with Crippen LogP contribution in [-0.4, -0.2) is 78.6 Å². The van der Waals surface area contributed by atoms with Crippen molar-refractivity contribution in [2.75, 3.05) is 32.6 Å². The van der Waals surface area contributed by atoms with Crippen LogP contribution in [0.25, 0.3) is 0 Å². The summed E-state index contributed by atoms with van der Waals surface area (Å²) in [7, 11) is 4.87. The fourth-order valence-electron chi connectivity index (χ4n) is 6.29. The molecule has 0 saturated heterocycles. The summed E-state index contributed by atoms with van der Waals surface area (Å²) in [5, 5.41) is 25.6. The van der Waals surface area contributed by atoms with Crippen LogP contribution >= 0.6 is 0 Å². The van der Waals surface area contributed by atoms with Gasteiger partial charge in [0.1, 0.15) is 5.75 Å². The van der Waals surface area contributed by atoms with Gasteiger partial charge in [-0.1, -0.05) is 0 Å². The number of carbonyl (C=O) groups is 6. The summed E-state index contributed by atoms with van der Waals surface area (Å²) in [6, 6.07) is 1.75. The maximum absolute atomic E-state index is 13.8. The van der Waals surface area contributed by atoms with E-state index in [-0.39, 0.29) is 49.5 Å². The second-order valence-electron chi connectivity index (χ2n) is 10.7. The Hall–Kier alpha value is -3.64. The number of phenols is 1. The zero-order valence-corrected chi connectivity index (χ0v) is 22.1. The zero-order chi connectivity index (χ0) is 28.8. The third-order valence-corrected chi connectivity index (χ3v) is 8.22. The van der Waals surface area contributed by atoms with E-state index in [4.69, 9.17) is 5.73 Å². The third-order valence-electron chi connectivity index (χ3n) is 8.22. The van der Waals surface area contributed by atoms with Gasteiger partial charge in [-0.25, -0.2) is 0 Å². The highest BCUT2D eigenvalue weighted by Crippen LogP contribution is 2.51. The molecule has 0 spiro atoms. The van der Waals surface area contributed by atoms with Gasteiger partial charge in [-0.05, 0) is 43.4 Å². The Labute approximate surface area is 224 Å². The lowest BCUT2D eigenvalue weighted by Gasteiger charge is -2.48. The van der Waals surface area contributed by atoms with Crippen molar-refractivity contribution >= 4 is 40.7 Å². The first-order valence-corrected chi connectivity index (χ1v) is 12.8. The molecule has 2 unspecified atom stereocenters. The number of Topliss-reactive ketones (excluding diaryl/α,β-unsaturated/α-hetero) is 4. The van der Waals surface area contributed by atoms with Gasteiger partial charge in [-0.3, -0.25) is 28.8 Å². The molecule has 2 saturated carbocycles. The van der Waals surface area contributed by atoms with Gasteiger partial charge in [0.15, 0.2) is 34.7 Å². The van der Waals surface area contributed by atoms with Gasteiger partial charge >= 0.3 is 5.97 Å². The molecule has 4 rings (SSSR count). The fraction of sp³-hybridized carbons (Fsp3) is 0.556. The van der Waals surface area contributed by atoms with Crippen molar-refractivity contribution in [3.8, 4) is 5.75 Å². The SMILES string of the molecule is COC(=O)CCCNCc1cc(N(C)C)c2c(c1O)C(=O)C1C(=O)[C@]3(O)C(=O)C(C(N)=O)C(=O)C[C@@H]3C[C@@H]1C2. The predicted octanol–water partition coefficient (Wildman–Crippen LogP) is -0.564. The summed E-state index contributed by atoms with van der Waals surface area (Å²) < 4.78 is 4.62. The molecule has 0 bridgehead atoms. The fourth-order valence-corrected chi connectivity index (χ4v) is 6.29. The molecule has 1 aromatic rings. The first-order valence-electron chi connectivity index (χ1n) is 12.8. The van der Waals surface area contributed by atoms with Gasteiger partial charge in [-0.2, -0.15) is 0 Å². The maximum atomic E-state index is 13.8. The summed E-state index contributed by atoms with van der Waals surface area (Å²) in [4.78, 5) is 78.0. The Balaban J connectivity index is 1.68. The molecule has 5 atom stereocenters. The van der Waals surface area contributed by atoms with Crippen LogP contribution in [0.1, 0.15) is 47.2 Å². The Bertz CT molecular complexity index is 1270. The number of nitrogens with zero attached hydrogens (tertiary/aromatic N) is 1. The minimum Gasteiger partial charge on any atom is -0.507 e. The Morgan fingerprint density at radius 3 is 2.49 bits per heavy atom. The summed E-state index contributed by atoms with van der Waals surface area (Å²) in [5.74, 6) is -10.7. The van der Waals surface area contributed by atoms with Crippen molar-refractivity contribution in [3.63, 3.8) is 0 Å². The second-order valence-corrected chi connectivity index (χ2v) is 10.7. The summed E-state index contributed by atoms with van der Waals surface area (Å²) in [6.07, 6.45) is 0.589. The molecule has 0 aromatic heterocycles. The topological polar surface area (TPSA) is 193 Å². The van der Waals surface area contributed by atoms with Gasteiger partial charge < -0.3 is 30.9 Å².